The van der Waals surface area contributed by atoms with E-state index in [0.29, 0.717) is 0 Å². The molecule has 1 aromatic carbocycles. The van der Waals surface area contributed by atoms with Crippen molar-refractivity contribution in [2.45, 2.75) is 24.9 Å². The third-order valence-corrected chi connectivity index (χ3v) is 4.16. The maximum atomic E-state index is 2.68. The summed E-state index contributed by atoms with van der Waals surface area (Å²) in [6, 6.07) is 12.5. The average Bonchev–Trinajstić information content (AvgIpc) is 2.86. The predicted molar refractivity (Wildman–Crippen MR) is 87.3 cm³/mol. The number of rotatable bonds is 3. The summed E-state index contributed by atoms with van der Waals surface area (Å²) in [6.45, 7) is 3.80. The van der Waals surface area contributed by atoms with E-state index in [9.17, 15) is 0 Å². The summed E-state index contributed by atoms with van der Waals surface area (Å²) in [6.07, 6.45) is 2.60. The molecule has 2 saturated heterocycles. The number of likely N-dealkylation sites (N-methyl/N-ethyl adjacent to an activating group) is 1. The lowest BCUT2D eigenvalue weighted by Crippen LogP contribution is -2.45. The van der Waals surface area contributed by atoms with Crippen molar-refractivity contribution >= 4 is 27.0 Å². The van der Waals surface area contributed by atoms with Gasteiger partial charge >= 0.3 is 0 Å². The van der Waals surface area contributed by atoms with E-state index in [2.05, 4.69) is 47.2 Å². The fourth-order valence-electron chi connectivity index (χ4n) is 3.14. The van der Waals surface area contributed by atoms with Gasteiger partial charge in [-0.05, 0) is 25.5 Å². The molecule has 2 heterocycles. The molecule has 0 aliphatic carbocycles. The molecule has 2 aliphatic rings. The second-order valence-electron chi connectivity index (χ2n) is 5.21. The highest BCUT2D eigenvalue weighted by atomic mass is 32.1. The summed E-state index contributed by atoms with van der Waals surface area (Å²) in [7, 11) is 2.26. The molecule has 3 rings (SSSR count). The Kier molecular flexibility index (Phi) is 6.05. The van der Waals surface area contributed by atoms with Gasteiger partial charge in [-0.3, -0.25) is 4.90 Å². The molecule has 18 heavy (non-hydrogen) atoms. The highest BCUT2D eigenvalue weighted by Crippen LogP contribution is 2.29. The van der Waals surface area contributed by atoms with E-state index in [1.54, 1.807) is 0 Å². The van der Waals surface area contributed by atoms with Gasteiger partial charge in [-0.2, -0.15) is 27.0 Å². The van der Waals surface area contributed by atoms with Gasteiger partial charge < -0.3 is 4.90 Å². The second kappa shape index (κ2) is 6.85. The normalized spacial score (nSPS) is 26.7. The second-order valence-corrected chi connectivity index (χ2v) is 5.21. The van der Waals surface area contributed by atoms with E-state index in [4.69, 9.17) is 0 Å². The van der Waals surface area contributed by atoms with Crippen LogP contribution in [0.15, 0.2) is 30.3 Å². The summed E-state index contributed by atoms with van der Waals surface area (Å²) < 4.78 is 0. The minimum atomic E-state index is 0. The van der Waals surface area contributed by atoms with Crippen LogP contribution in [0.1, 0.15) is 12.0 Å². The van der Waals surface area contributed by atoms with Crippen molar-refractivity contribution < 1.29 is 0 Å². The predicted octanol–water partition coefficient (Wildman–Crippen LogP) is 1.84. The monoisotopic (exact) mass is 284 g/mol. The Bertz CT molecular complexity index is 356. The number of hydrogen-bond acceptors (Lipinski definition) is 2. The Hall–Kier alpha value is -0.160. The SMILES string of the molecule is CN1CC2CC1CN2CCc1ccccc1.S.S. The van der Waals surface area contributed by atoms with Crippen LogP contribution in [-0.2, 0) is 6.42 Å². The van der Waals surface area contributed by atoms with Gasteiger partial charge in [0.2, 0.25) is 0 Å². The highest BCUT2D eigenvalue weighted by molar-refractivity contribution is 7.59. The van der Waals surface area contributed by atoms with Gasteiger partial charge in [0, 0.05) is 31.7 Å². The number of hydrogen-bond donors (Lipinski definition) is 0. The maximum Gasteiger partial charge on any atom is 0.0239 e. The molecular weight excluding hydrogens is 260 g/mol. The molecule has 2 unspecified atom stereocenters. The molecular formula is C14H24N2S2. The van der Waals surface area contributed by atoms with Crippen LogP contribution in [0.4, 0.5) is 0 Å². The van der Waals surface area contributed by atoms with E-state index in [0.717, 1.165) is 12.1 Å². The first kappa shape index (κ1) is 15.9. The zero-order chi connectivity index (χ0) is 11.0. The van der Waals surface area contributed by atoms with Gasteiger partial charge in [-0.1, -0.05) is 30.3 Å². The van der Waals surface area contributed by atoms with Crippen LogP contribution < -0.4 is 0 Å². The summed E-state index contributed by atoms with van der Waals surface area (Å²) in [5.74, 6) is 0. The zero-order valence-electron chi connectivity index (χ0n) is 11.0. The molecule has 0 N–H and O–H groups in total. The molecule has 102 valence electrons. The van der Waals surface area contributed by atoms with Crippen molar-refractivity contribution in [2.24, 2.45) is 0 Å². The molecule has 0 amide bonds. The van der Waals surface area contributed by atoms with Crippen LogP contribution >= 0.6 is 27.0 Å². The van der Waals surface area contributed by atoms with Gasteiger partial charge in [0.05, 0.1) is 0 Å². The van der Waals surface area contributed by atoms with Gasteiger partial charge in [0.15, 0.2) is 0 Å². The van der Waals surface area contributed by atoms with E-state index in [-0.39, 0.29) is 27.0 Å². The lowest BCUT2D eigenvalue weighted by Gasteiger charge is -2.31. The summed E-state index contributed by atoms with van der Waals surface area (Å²) in [5.41, 5.74) is 1.47. The highest BCUT2D eigenvalue weighted by Gasteiger charge is 2.40. The largest absolute Gasteiger partial charge is 0.301 e. The third-order valence-electron chi connectivity index (χ3n) is 4.16. The van der Waals surface area contributed by atoms with Crippen molar-refractivity contribution in [3.63, 3.8) is 0 Å². The molecule has 2 nitrogen and oxygen atoms in total. The van der Waals surface area contributed by atoms with Gasteiger partial charge in [0.25, 0.3) is 0 Å². The molecule has 2 fully saturated rings. The fraction of sp³-hybridized carbons (Fsp3) is 0.571. The topological polar surface area (TPSA) is 6.48 Å². The molecule has 1 aromatic rings. The molecule has 0 radical (unpaired) electrons. The number of likely N-dealkylation sites (tertiary alicyclic amines) is 2. The smallest absolute Gasteiger partial charge is 0.0239 e. The first-order valence-corrected chi connectivity index (χ1v) is 6.31. The summed E-state index contributed by atoms with van der Waals surface area (Å²) in [4.78, 5) is 5.20. The van der Waals surface area contributed by atoms with Gasteiger partial charge in [-0.15, -0.1) is 0 Å². The fourth-order valence-corrected chi connectivity index (χ4v) is 3.14. The number of nitrogens with zero attached hydrogens (tertiary/aromatic N) is 2. The number of fused-ring (bicyclic) bond motifs is 2. The quantitative estimate of drug-likeness (QED) is 0.836. The molecule has 0 spiro atoms. The van der Waals surface area contributed by atoms with Crippen LogP contribution in [0.2, 0.25) is 0 Å². The van der Waals surface area contributed by atoms with E-state index in [1.165, 1.54) is 38.0 Å². The van der Waals surface area contributed by atoms with Crippen molar-refractivity contribution in [3.8, 4) is 0 Å². The Morgan fingerprint density at radius 3 is 2.33 bits per heavy atom. The average molecular weight is 284 g/mol. The Morgan fingerprint density at radius 2 is 1.78 bits per heavy atom. The first-order chi connectivity index (χ1) is 7.83. The van der Waals surface area contributed by atoms with Crippen molar-refractivity contribution in [3.05, 3.63) is 35.9 Å². The number of benzene rings is 1. The van der Waals surface area contributed by atoms with Gasteiger partial charge in [-0.25, -0.2) is 0 Å². The third kappa shape index (κ3) is 3.23. The first-order valence-electron chi connectivity index (χ1n) is 6.31. The van der Waals surface area contributed by atoms with Gasteiger partial charge in [0.1, 0.15) is 0 Å². The minimum absolute atomic E-state index is 0. The molecule has 2 bridgehead atoms. The van der Waals surface area contributed by atoms with Crippen LogP contribution in [0.25, 0.3) is 0 Å². The van der Waals surface area contributed by atoms with Crippen LogP contribution in [0, 0.1) is 0 Å². The van der Waals surface area contributed by atoms with Crippen molar-refractivity contribution in [2.75, 3.05) is 26.7 Å². The zero-order valence-corrected chi connectivity index (χ0v) is 13.0. The Balaban J connectivity index is 0.000000810. The van der Waals surface area contributed by atoms with E-state index >= 15 is 0 Å². The van der Waals surface area contributed by atoms with E-state index < -0.39 is 0 Å². The van der Waals surface area contributed by atoms with Crippen LogP contribution in [0.5, 0.6) is 0 Å². The van der Waals surface area contributed by atoms with Crippen molar-refractivity contribution in [1.29, 1.82) is 0 Å². The molecule has 4 heteroatoms. The minimum Gasteiger partial charge on any atom is -0.301 e. The lowest BCUT2D eigenvalue weighted by molar-refractivity contribution is 0.151. The molecule has 2 atom stereocenters. The van der Waals surface area contributed by atoms with E-state index in [1.807, 2.05) is 0 Å². The Morgan fingerprint density at radius 1 is 1.06 bits per heavy atom. The maximum absolute atomic E-state index is 2.68. The number of piperazine rings is 1. The Labute approximate surface area is 124 Å². The molecule has 0 saturated carbocycles. The molecule has 0 aromatic heterocycles. The lowest BCUT2D eigenvalue weighted by atomic mass is 10.1. The van der Waals surface area contributed by atoms with Crippen molar-refractivity contribution in [1.82, 2.24) is 9.80 Å². The van der Waals surface area contributed by atoms with Crippen LogP contribution in [0.3, 0.4) is 0 Å². The summed E-state index contributed by atoms with van der Waals surface area (Å²) in [5, 5.41) is 0. The summed E-state index contributed by atoms with van der Waals surface area (Å²) >= 11 is 0. The standard InChI is InChI=1S/C14H20N2.2H2S/c1-15-10-14-9-13(15)11-16(14)8-7-12-5-3-2-4-6-12;;/h2-6,13-14H,7-11H2,1H3;2*1H2. The van der Waals surface area contributed by atoms with Crippen LogP contribution in [-0.4, -0.2) is 48.6 Å². The molecule has 2 aliphatic heterocycles.